The van der Waals surface area contributed by atoms with Gasteiger partial charge in [0, 0.05) is 18.1 Å². The molecule has 2 atom stereocenters. The Kier molecular flexibility index (Phi) is 4.73. The number of urea groups is 1. The van der Waals surface area contributed by atoms with Gasteiger partial charge in [-0.25, -0.2) is 4.79 Å². The van der Waals surface area contributed by atoms with Crippen molar-refractivity contribution < 1.29 is 14.6 Å². The monoisotopic (exact) mass is 298 g/mol. The van der Waals surface area contributed by atoms with E-state index in [1.54, 1.807) is 23.1 Å². The van der Waals surface area contributed by atoms with Gasteiger partial charge in [-0.1, -0.05) is 18.5 Å². The van der Waals surface area contributed by atoms with E-state index in [0.717, 1.165) is 6.42 Å². The Bertz CT molecular complexity index is 495. The Labute approximate surface area is 123 Å². The lowest BCUT2D eigenvalue weighted by Crippen LogP contribution is -2.47. The average Bonchev–Trinajstić information content (AvgIpc) is 2.42. The lowest BCUT2D eigenvalue weighted by Gasteiger charge is -2.34. The first-order valence-corrected chi connectivity index (χ1v) is 6.96. The van der Waals surface area contributed by atoms with Crippen LogP contribution < -0.4 is 10.1 Å². The molecule has 0 bridgehead atoms. The third kappa shape index (κ3) is 3.35. The molecule has 2 amide bonds. The number of hydrogen-bond acceptors (Lipinski definition) is 3. The molecule has 0 spiro atoms. The fraction of sp³-hybridized carbons (Fsp3) is 0.500. The number of carbonyl (C=O) groups excluding carboxylic acids is 1. The van der Waals surface area contributed by atoms with E-state index in [9.17, 15) is 9.90 Å². The van der Waals surface area contributed by atoms with Crippen LogP contribution >= 0.6 is 11.6 Å². The van der Waals surface area contributed by atoms with Gasteiger partial charge in [-0.05, 0) is 30.5 Å². The number of amides is 2. The van der Waals surface area contributed by atoms with Crippen LogP contribution in [0.2, 0.25) is 5.02 Å². The van der Waals surface area contributed by atoms with E-state index in [-0.39, 0.29) is 11.9 Å². The van der Waals surface area contributed by atoms with Gasteiger partial charge >= 0.3 is 6.03 Å². The van der Waals surface area contributed by atoms with E-state index < -0.39 is 6.10 Å². The Morgan fingerprint density at radius 1 is 1.55 bits per heavy atom. The number of hydrogen-bond donors (Lipinski definition) is 2. The summed E-state index contributed by atoms with van der Waals surface area (Å²) in [6.45, 7) is 2.96. The van der Waals surface area contributed by atoms with E-state index in [1.165, 1.54) is 7.11 Å². The second kappa shape index (κ2) is 6.33. The maximum absolute atomic E-state index is 12.2. The van der Waals surface area contributed by atoms with Crippen molar-refractivity contribution in [2.45, 2.75) is 19.4 Å². The molecule has 0 aliphatic carbocycles. The molecule has 20 heavy (non-hydrogen) atoms. The molecule has 2 rings (SSSR count). The van der Waals surface area contributed by atoms with Gasteiger partial charge in [0.1, 0.15) is 5.75 Å². The summed E-state index contributed by atoms with van der Waals surface area (Å²) in [5, 5.41) is 13.1. The van der Waals surface area contributed by atoms with Crippen LogP contribution in [0.3, 0.4) is 0 Å². The molecule has 0 radical (unpaired) electrons. The largest absolute Gasteiger partial charge is 0.495 e. The van der Waals surface area contributed by atoms with E-state index in [1.807, 2.05) is 6.92 Å². The minimum absolute atomic E-state index is 0.222. The van der Waals surface area contributed by atoms with Crippen LogP contribution in [0.1, 0.15) is 13.3 Å². The Morgan fingerprint density at radius 3 is 2.95 bits per heavy atom. The molecule has 1 aromatic rings. The number of carbonyl (C=O) groups is 1. The summed E-state index contributed by atoms with van der Waals surface area (Å²) in [5.41, 5.74) is 0.526. The first-order chi connectivity index (χ1) is 9.51. The van der Waals surface area contributed by atoms with Crippen molar-refractivity contribution in [3.05, 3.63) is 23.2 Å². The van der Waals surface area contributed by atoms with Gasteiger partial charge in [0.2, 0.25) is 0 Å². The van der Waals surface area contributed by atoms with E-state index >= 15 is 0 Å². The van der Waals surface area contributed by atoms with Crippen molar-refractivity contribution >= 4 is 23.3 Å². The number of halogens is 1. The highest BCUT2D eigenvalue weighted by Gasteiger charge is 2.27. The van der Waals surface area contributed by atoms with Gasteiger partial charge in [-0.3, -0.25) is 0 Å². The summed E-state index contributed by atoms with van der Waals surface area (Å²) >= 11 is 5.92. The Balaban J connectivity index is 2.06. The molecule has 0 saturated carbocycles. The van der Waals surface area contributed by atoms with Crippen LogP contribution in [0.25, 0.3) is 0 Å². The molecule has 1 heterocycles. The smallest absolute Gasteiger partial charge is 0.322 e. The lowest BCUT2D eigenvalue weighted by atomic mass is 9.96. The number of benzene rings is 1. The number of likely N-dealkylation sites (tertiary alicyclic amines) is 1. The fourth-order valence-corrected chi connectivity index (χ4v) is 2.38. The number of β-amino-alcohol motifs (C(OH)–C–C–N with tert-alkyl or cyclic N) is 1. The summed E-state index contributed by atoms with van der Waals surface area (Å²) in [5.74, 6) is 0.772. The van der Waals surface area contributed by atoms with Gasteiger partial charge in [0.05, 0.1) is 18.9 Å². The van der Waals surface area contributed by atoms with Gasteiger partial charge in [0.25, 0.3) is 0 Å². The minimum atomic E-state index is -0.476. The zero-order chi connectivity index (χ0) is 14.7. The molecule has 110 valence electrons. The van der Waals surface area contributed by atoms with E-state index in [2.05, 4.69) is 5.32 Å². The molecule has 2 N–H and O–H groups in total. The summed E-state index contributed by atoms with van der Waals surface area (Å²) in [6, 6.07) is 4.78. The van der Waals surface area contributed by atoms with E-state index in [4.69, 9.17) is 16.3 Å². The topological polar surface area (TPSA) is 61.8 Å². The van der Waals surface area contributed by atoms with Gasteiger partial charge in [-0.2, -0.15) is 0 Å². The zero-order valence-corrected chi connectivity index (χ0v) is 12.4. The minimum Gasteiger partial charge on any atom is -0.495 e. The molecule has 2 unspecified atom stereocenters. The van der Waals surface area contributed by atoms with Crippen molar-refractivity contribution in [1.29, 1.82) is 0 Å². The molecule has 1 aliphatic heterocycles. The number of ether oxygens (including phenoxy) is 1. The van der Waals surface area contributed by atoms with Crippen LogP contribution in [0.15, 0.2) is 18.2 Å². The SMILES string of the molecule is COc1ccc(Cl)cc1NC(=O)N1CCC(C)C(O)C1. The highest BCUT2D eigenvalue weighted by molar-refractivity contribution is 6.31. The van der Waals surface area contributed by atoms with Gasteiger partial charge < -0.3 is 20.1 Å². The maximum Gasteiger partial charge on any atom is 0.322 e. The summed E-state index contributed by atoms with van der Waals surface area (Å²) in [6.07, 6.45) is 0.317. The molecular weight excluding hydrogens is 280 g/mol. The molecule has 1 aliphatic rings. The molecular formula is C14H19ClN2O3. The second-order valence-corrected chi connectivity index (χ2v) is 5.49. The number of nitrogens with one attached hydrogen (secondary N) is 1. The van der Waals surface area contributed by atoms with Crippen molar-refractivity contribution in [2.24, 2.45) is 5.92 Å². The molecule has 1 aromatic carbocycles. The Morgan fingerprint density at radius 2 is 2.30 bits per heavy atom. The lowest BCUT2D eigenvalue weighted by molar-refractivity contribution is 0.0463. The number of nitrogens with zero attached hydrogens (tertiary/aromatic N) is 1. The van der Waals surface area contributed by atoms with Crippen molar-refractivity contribution in [3.8, 4) is 5.75 Å². The molecule has 5 nitrogen and oxygen atoms in total. The van der Waals surface area contributed by atoms with Crippen molar-refractivity contribution in [1.82, 2.24) is 4.90 Å². The summed E-state index contributed by atoms with van der Waals surface area (Å²) in [4.78, 5) is 13.8. The maximum atomic E-state index is 12.2. The van der Waals surface area contributed by atoms with Gasteiger partial charge in [-0.15, -0.1) is 0 Å². The number of rotatable bonds is 2. The van der Waals surface area contributed by atoms with Crippen LogP contribution in [-0.2, 0) is 0 Å². The zero-order valence-electron chi connectivity index (χ0n) is 11.6. The van der Waals surface area contributed by atoms with E-state index in [0.29, 0.717) is 29.5 Å². The van der Waals surface area contributed by atoms with Crippen molar-refractivity contribution in [3.63, 3.8) is 0 Å². The first kappa shape index (κ1) is 14.9. The highest BCUT2D eigenvalue weighted by atomic mass is 35.5. The van der Waals surface area contributed by atoms with Crippen LogP contribution in [-0.4, -0.2) is 42.3 Å². The van der Waals surface area contributed by atoms with Gasteiger partial charge in [0.15, 0.2) is 0 Å². The number of piperidine rings is 1. The number of methoxy groups -OCH3 is 1. The number of anilines is 1. The molecule has 1 fully saturated rings. The Hall–Kier alpha value is -1.46. The summed E-state index contributed by atoms with van der Waals surface area (Å²) in [7, 11) is 1.53. The fourth-order valence-electron chi connectivity index (χ4n) is 2.21. The predicted molar refractivity (Wildman–Crippen MR) is 78.4 cm³/mol. The molecule has 1 saturated heterocycles. The standard InChI is InChI=1S/C14H19ClN2O3/c1-9-5-6-17(8-12(9)18)14(19)16-11-7-10(15)3-4-13(11)20-2/h3-4,7,9,12,18H,5-6,8H2,1-2H3,(H,16,19). The van der Waals surface area contributed by atoms with Crippen molar-refractivity contribution in [2.75, 3.05) is 25.5 Å². The molecule has 0 aromatic heterocycles. The number of aliphatic hydroxyl groups excluding tert-OH is 1. The normalized spacial score (nSPS) is 22.5. The quantitative estimate of drug-likeness (QED) is 0.882. The third-order valence-electron chi connectivity index (χ3n) is 3.61. The number of aliphatic hydroxyl groups is 1. The highest BCUT2D eigenvalue weighted by Crippen LogP contribution is 2.28. The third-order valence-corrected chi connectivity index (χ3v) is 3.84. The summed E-state index contributed by atoms with van der Waals surface area (Å²) < 4.78 is 5.19. The average molecular weight is 299 g/mol. The predicted octanol–water partition coefficient (Wildman–Crippen LogP) is 2.58. The van der Waals surface area contributed by atoms with Crippen LogP contribution in [0.5, 0.6) is 5.75 Å². The second-order valence-electron chi connectivity index (χ2n) is 5.05. The molecule has 6 heteroatoms. The van der Waals surface area contributed by atoms with Crippen LogP contribution in [0.4, 0.5) is 10.5 Å². The van der Waals surface area contributed by atoms with Crippen LogP contribution in [0, 0.1) is 5.92 Å². The first-order valence-electron chi connectivity index (χ1n) is 6.58.